The van der Waals surface area contributed by atoms with Gasteiger partial charge in [0.25, 0.3) is 0 Å². The summed E-state index contributed by atoms with van der Waals surface area (Å²) in [6.07, 6.45) is -2.14. The van der Waals surface area contributed by atoms with Crippen molar-refractivity contribution in [2.45, 2.75) is 44.4 Å². The first kappa shape index (κ1) is 22.6. The number of nitrogens with one attached hydrogen (secondary N) is 1. The summed E-state index contributed by atoms with van der Waals surface area (Å²) in [4.78, 5) is 24.6. The van der Waals surface area contributed by atoms with E-state index in [0.29, 0.717) is 29.2 Å². The number of halogens is 3. The number of hydrogen-bond acceptors (Lipinski definition) is 5. The van der Waals surface area contributed by atoms with Gasteiger partial charge in [-0.15, -0.1) is 11.3 Å². The second-order valence-corrected chi connectivity index (χ2v) is 9.10. The number of fused-ring (bicyclic) bond motifs is 1. The van der Waals surface area contributed by atoms with E-state index in [1.54, 1.807) is 23.1 Å². The smallest absolute Gasteiger partial charge is 0.425 e. The summed E-state index contributed by atoms with van der Waals surface area (Å²) < 4.78 is 45.7. The first-order valence-corrected chi connectivity index (χ1v) is 11.2. The zero-order valence-electron chi connectivity index (χ0n) is 17.2. The third-order valence-corrected chi connectivity index (χ3v) is 6.68. The fourth-order valence-corrected chi connectivity index (χ4v) is 4.84. The predicted octanol–water partition coefficient (Wildman–Crippen LogP) is 4.18. The van der Waals surface area contributed by atoms with Crippen LogP contribution in [-0.4, -0.2) is 36.6 Å². The summed E-state index contributed by atoms with van der Waals surface area (Å²) >= 11 is 0.748. The summed E-state index contributed by atoms with van der Waals surface area (Å²) in [5.41, 5.74) is 2.09. The van der Waals surface area contributed by atoms with E-state index < -0.39 is 17.0 Å². The van der Waals surface area contributed by atoms with E-state index in [9.17, 15) is 22.8 Å². The minimum atomic E-state index is -4.34. The summed E-state index contributed by atoms with van der Waals surface area (Å²) in [5, 5.41) is 11.5. The van der Waals surface area contributed by atoms with Gasteiger partial charge in [0.1, 0.15) is 17.2 Å². The molecule has 2 heterocycles. The van der Waals surface area contributed by atoms with Crippen LogP contribution >= 0.6 is 11.3 Å². The molecule has 2 N–H and O–H groups in total. The highest BCUT2D eigenvalue weighted by Gasteiger charge is 2.40. The molecule has 0 unspecified atom stereocenters. The van der Waals surface area contributed by atoms with Crippen LogP contribution in [0, 0.1) is 0 Å². The van der Waals surface area contributed by atoms with Gasteiger partial charge in [-0.25, -0.2) is 0 Å². The van der Waals surface area contributed by atoms with Crippen molar-refractivity contribution in [3.05, 3.63) is 45.1 Å². The third-order valence-electron chi connectivity index (χ3n) is 5.51. The van der Waals surface area contributed by atoms with E-state index in [0.717, 1.165) is 35.4 Å². The Bertz CT molecular complexity index is 1020. The van der Waals surface area contributed by atoms with Crippen LogP contribution in [0.25, 0.3) is 0 Å². The van der Waals surface area contributed by atoms with E-state index >= 15 is 0 Å². The molecular weight excluding hydrogens is 445 g/mol. The van der Waals surface area contributed by atoms with Crippen molar-refractivity contribution in [2.24, 2.45) is 0 Å². The number of alkyl halides is 3. The van der Waals surface area contributed by atoms with E-state index in [-0.39, 0.29) is 37.9 Å². The molecule has 1 aliphatic heterocycles. The Hall–Kier alpha value is -2.59. The van der Waals surface area contributed by atoms with E-state index in [2.05, 4.69) is 5.32 Å². The number of aliphatic carboxylic acids is 1. The second-order valence-electron chi connectivity index (χ2n) is 7.96. The molecule has 6 nitrogen and oxygen atoms in total. The largest absolute Gasteiger partial charge is 0.488 e. The molecular formula is C22H23F3N2O4S. The molecule has 2 aliphatic rings. The lowest BCUT2D eigenvalue weighted by Crippen LogP contribution is -2.37. The average molecular weight is 468 g/mol. The average Bonchev–Trinajstić information content (AvgIpc) is 3.33. The Morgan fingerprint density at radius 2 is 2.03 bits per heavy atom. The molecule has 1 aromatic carbocycles. The molecule has 1 amide bonds. The molecule has 0 spiro atoms. The van der Waals surface area contributed by atoms with Gasteiger partial charge in [0, 0.05) is 23.7 Å². The number of carbonyl (C=O) groups is 2. The van der Waals surface area contributed by atoms with Crippen LogP contribution in [-0.2, 0) is 28.8 Å². The number of rotatable bonds is 9. The van der Waals surface area contributed by atoms with Crippen molar-refractivity contribution in [1.29, 1.82) is 0 Å². The number of nitrogens with zero attached hydrogens (tertiary/aromatic N) is 1. The minimum Gasteiger partial charge on any atom is -0.488 e. The Labute approximate surface area is 187 Å². The Morgan fingerprint density at radius 3 is 2.72 bits per heavy atom. The molecule has 1 aromatic heterocycles. The third kappa shape index (κ3) is 5.24. The molecule has 1 aliphatic carbocycles. The molecule has 0 radical (unpaired) electrons. The fraction of sp³-hybridized carbons (Fsp3) is 0.455. The first-order valence-electron chi connectivity index (χ1n) is 10.4. The summed E-state index contributed by atoms with van der Waals surface area (Å²) in [5.74, 6) is -0.509. The molecule has 0 bridgehead atoms. The van der Waals surface area contributed by atoms with Gasteiger partial charge >= 0.3 is 12.1 Å². The van der Waals surface area contributed by atoms with Gasteiger partial charge in [-0.2, -0.15) is 13.2 Å². The summed E-state index contributed by atoms with van der Waals surface area (Å²) in [6.45, 7) is 0.849. The summed E-state index contributed by atoms with van der Waals surface area (Å²) in [6, 6.07) is 6.93. The molecule has 0 atom stereocenters. The van der Waals surface area contributed by atoms with E-state index in [1.807, 2.05) is 6.07 Å². The van der Waals surface area contributed by atoms with Gasteiger partial charge in [-0.3, -0.25) is 9.59 Å². The lowest BCUT2D eigenvalue weighted by molar-refractivity contribution is -0.137. The SMILES string of the molecule is O=C(O)CCNCC(=O)N1CCc2cc(OCc3cc(C4CC4)c(C(F)(F)F)s3)ccc21. The van der Waals surface area contributed by atoms with Crippen molar-refractivity contribution < 1.29 is 32.6 Å². The number of carbonyl (C=O) groups excluding carboxylic acids is 1. The maximum atomic E-state index is 13.3. The lowest BCUT2D eigenvalue weighted by Gasteiger charge is -2.18. The minimum absolute atomic E-state index is 0.0127. The van der Waals surface area contributed by atoms with Crippen LogP contribution < -0.4 is 15.0 Å². The van der Waals surface area contributed by atoms with Crippen LogP contribution in [0.15, 0.2) is 24.3 Å². The van der Waals surface area contributed by atoms with E-state index in [1.165, 1.54) is 0 Å². The van der Waals surface area contributed by atoms with Crippen LogP contribution in [0.1, 0.15) is 46.1 Å². The van der Waals surface area contributed by atoms with Gasteiger partial charge in [-0.05, 0) is 60.6 Å². The normalized spacial score (nSPS) is 15.7. The number of carboxylic acids is 1. The van der Waals surface area contributed by atoms with Gasteiger partial charge in [-0.1, -0.05) is 0 Å². The highest BCUT2D eigenvalue weighted by Crippen LogP contribution is 2.49. The number of thiophene rings is 1. The van der Waals surface area contributed by atoms with Gasteiger partial charge in [0.2, 0.25) is 5.91 Å². The number of carboxylic acid groups (broad SMARTS) is 1. The lowest BCUT2D eigenvalue weighted by atomic mass is 10.1. The van der Waals surface area contributed by atoms with Crippen molar-refractivity contribution >= 4 is 28.9 Å². The Kier molecular flexibility index (Phi) is 6.43. The van der Waals surface area contributed by atoms with Crippen LogP contribution in [0.3, 0.4) is 0 Å². The van der Waals surface area contributed by atoms with Crippen molar-refractivity contribution in [3.8, 4) is 5.75 Å². The number of amides is 1. The molecule has 4 rings (SSSR count). The van der Waals surface area contributed by atoms with Crippen molar-refractivity contribution in [1.82, 2.24) is 5.32 Å². The monoisotopic (exact) mass is 468 g/mol. The van der Waals surface area contributed by atoms with Crippen LogP contribution in [0.4, 0.5) is 18.9 Å². The first-order chi connectivity index (χ1) is 15.2. The van der Waals surface area contributed by atoms with Gasteiger partial charge in [0.05, 0.1) is 13.0 Å². The number of anilines is 1. The van der Waals surface area contributed by atoms with Crippen molar-refractivity contribution in [2.75, 3.05) is 24.5 Å². The zero-order valence-corrected chi connectivity index (χ0v) is 18.0. The van der Waals surface area contributed by atoms with Crippen LogP contribution in [0.2, 0.25) is 0 Å². The number of benzene rings is 1. The van der Waals surface area contributed by atoms with E-state index in [4.69, 9.17) is 9.84 Å². The molecule has 0 saturated heterocycles. The van der Waals surface area contributed by atoms with Crippen molar-refractivity contribution in [3.63, 3.8) is 0 Å². The highest BCUT2D eigenvalue weighted by molar-refractivity contribution is 7.12. The zero-order chi connectivity index (χ0) is 22.9. The van der Waals surface area contributed by atoms with Gasteiger partial charge in [0.15, 0.2) is 0 Å². The number of ether oxygens (including phenoxy) is 1. The predicted molar refractivity (Wildman–Crippen MR) is 113 cm³/mol. The highest BCUT2D eigenvalue weighted by atomic mass is 32.1. The maximum Gasteiger partial charge on any atom is 0.425 e. The molecule has 32 heavy (non-hydrogen) atoms. The van der Waals surface area contributed by atoms with Crippen LogP contribution in [0.5, 0.6) is 5.75 Å². The quantitative estimate of drug-likeness (QED) is 0.540. The summed E-state index contributed by atoms with van der Waals surface area (Å²) in [7, 11) is 0. The molecule has 10 heteroatoms. The molecule has 1 fully saturated rings. The fourth-order valence-electron chi connectivity index (χ4n) is 3.82. The second kappa shape index (κ2) is 9.11. The topological polar surface area (TPSA) is 78.9 Å². The maximum absolute atomic E-state index is 13.3. The van der Waals surface area contributed by atoms with Gasteiger partial charge < -0.3 is 20.1 Å². The number of hydrogen-bond donors (Lipinski definition) is 2. The standard InChI is InChI=1S/C22H23F3N2O4S/c23-22(24,25)21-17(13-1-2-13)10-16(32-21)12-31-15-3-4-18-14(9-15)6-8-27(18)19(28)11-26-7-5-20(29)30/h3-4,9-10,13,26H,1-2,5-8,11-12H2,(H,29,30). The molecule has 172 valence electrons. The Morgan fingerprint density at radius 1 is 1.25 bits per heavy atom. The Balaban J connectivity index is 1.36. The molecule has 2 aromatic rings. The molecule has 1 saturated carbocycles.